The number of rotatable bonds is 7. The van der Waals surface area contributed by atoms with Gasteiger partial charge in [0.1, 0.15) is 0 Å². The van der Waals surface area contributed by atoms with E-state index in [2.05, 4.69) is 21.6 Å². The average Bonchev–Trinajstić information content (AvgIpc) is 3.07. The summed E-state index contributed by atoms with van der Waals surface area (Å²) in [4.78, 5) is 45.5. The molecule has 0 radical (unpaired) electrons. The highest BCUT2D eigenvalue weighted by Crippen LogP contribution is 2.32. The summed E-state index contributed by atoms with van der Waals surface area (Å²) in [7, 11) is 3.04. The van der Waals surface area contributed by atoms with E-state index >= 15 is 0 Å². The SMILES string of the molecule is COc1ccc(C(=O)Nc2cc(C(=O)N3CCNCC3)ccc2N2CCN(C(=O)c3ccc(C#N)cc3)CC2)cc1OC. The van der Waals surface area contributed by atoms with Crippen LogP contribution < -0.4 is 25.0 Å². The molecule has 43 heavy (non-hydrogen) atoms. The van der Waals surface area contributed by atoms with E-state index < -0.39 is 0 Å². The number of nitrogens with one attached hydrogen (secondary N) is 2. The summed E-state index contributed by atoms with van der Waals surface area (Å²) in [5.74, 6) is 0.400. The third-order valence-electron chi connectivity index (χ3n) is 7.71. The van der Waals surface area contributed by atoms with Gasteiger partial charge in [-0.05, 0) is 60.7 Å². The van der Waals surface area contributed by atoms with Gasteiger partial charge in [-0.2, -0.15) is 5.26 Å². The van der Waals surface area contributed by atoms with Crippen molar-refractivity contribution in [1.82, 2.24) is 15.1 Å². The molecule has 2 aliphatic rings. The van der Waals surface area contributed by atoms with Gasteiger partial charge in [0.05, 0.1) is 37.2 Å². The quantitative estimate of drug-likeness (QED) is 0.436. The predicted molar refractivity (Wildman–Crippen MR) is 162 cm³/mol. The van der Waals surface area contributed by atoms with E-state index in [9.17, 15) is 14.4 Å². The Labute approximate surface area is 250 Å². The monoisotopic (exact) mass is 582 g/mol. The van der Waals surface area contributed by atoms with Crippen molar-refractivity contribution in [3.63, 3.8) is 0 Å². The van der Waals surface area contributed by atoms with Crippen LogP contribution in [0.2, 0.25) is 0 Å². The first-order valence-corrected chi connectivity index (χ1v) is 14.1. The highest BCUT2D eigenvalue weighted by molar-refractivity contribution is 6.07. The Balaban J connectivity index is 1.37. The zero-order valence-electron chi connectivity index (χ0n) is 24.3. The lowest BCUT2D eigenvalue weighted by molar-refractivity contribution is 0.0731. The number of hydrogen-bond acceptors (Lipinski definition) is 8. The van der Waals surface area contributed by atoms with Crippen LogP contribution in [0, 0.1) is 11.3 Å². The maximum Gasteiger partial charge on any atom is 0.255 e. The normalized spacial score (nSPS) is 15.0. The molecule has 0 bridgehead atoms. The third-order valence-corrected chi connectivity index (χ3v) is 7.71. The van der Waals surface area contributed by atoms with Crippen molar-refractivity contribution in [1.29, 1.82) is 5.26 Å². The van der Waals surface area contributed by atoms with Crippen LogP contribution in [0.3, 0.4) is 0 Å². The molecule has 0 spiro atoms. The lowest BCUT2D eigenvalue weighted by Crippen LogP contribution is -2.49. The summed E-state index contributed by atoms with van der Waals surface area (Å²) >= 11 is 0. The van der Waals surface area contributed by atoms with Gasteiger partial charge in [-0.25, -0.2) is 0 Å². The summed E-state index contributed by atoms with van der Waals surface area (Å²) in [6.07, 6.45) is 0. The van der Waals surface area contributed by atoms with E-state index in [0.29, 0.717) is 78.7 Å². The van der Waals surface area contributed by atoms with Gasteiger partial charge in [-0.15, -0.1) is 0 Å². The Morgan fingerprint density at radius 3 is 2.00 bits per heavy atom. The summed E-state index contributed by atoms with van der Waals surface area (Å²) in [6.45, 7) is 4.72. The molecule has 2 N–H and O–H groups in total. The van der Waals surface area contributed by atoms with E-state index in [-0.39, 0.29) is 17.7 Å². The number of amides is 3. The highest BCUT2D eigenvalue weighted by Gasteiger charge is 2.26. The summed E-state index contributed by atoms with van der Waals surface area (Å²) in [5.41, 5.74) is 3.17. The fourth-order valence-corrected chi connectivity index (χ4v) is 5.29. The van der Waals surface area contributed by atoms with Crippen LogP contribution in [-0.4, -0.2) is 94.1 Å². The molecule has 3 aromatic rings. The summed E-state index contributed by atoms with van der Waals surface area (Å²) in [5, 5.41) is 15.3. The molecule has 0 aliphatic carbocycles. The molecule has 2 heterocycles. The molecule has 3 aromatic carbocycles. The Hall–Kier alpha value is -5.08. The van der Waals surface area contributed by atoms with Crippen molar-refractivity contribution in [2.24, 2.45) is 0 Å². The zero-order chi connectivity index (χ0) is 30.3. The second-order valence-electron chi connectivity index (χ2n) is 10.3. The number of hydrogen-bond donors (Lipinski definition) is 2. The third kappa shape index (κ3) is 6.55. The van der Waals surface area contributed by atoms with Gasteiger partial charge < -0.3 is 34.8 Å². The van der Waals surface area contributed by atoms with E-state index in [1.54, 1.807) is 64.4 Å². The smallest absolute Gasteiger partial charge is 0.255 e. The van der Waals surface area contributed by atoms with Crippen LogP contribution in [0.4, 0.5) is 11.4 Å². The maximum atomic E-state index is 13.4. The fourth-order valence-electron chi connectivity index (χ4n) is 5.29. The van der Waals surface area contributed by atoms with Crippen LogP contribution in [0.1, 0.15) is 36.6 Å². The number of nitriles is 1. The highest BCUT2D eigenvalue weighted by atomic mass is 16.5. The van der Waals surface area contributed by atoms with Gasteiger partial charge in [-0.1, -0.05) is 0 Å². The Morgan fingerprint density at radius 2 is 1.35 bits per heavy atom. The van der Waals surface area contributed by atoms with Crippen LogP contribution in [0.15, 0.2) is 60.7 Å². The second-order valence-corrected chi connectivity index (χ2v) is 10.3. The molecule has 2 aliphatic heterocycles. The van der Waals surface area contributed by atoms with Crippen molar-refractivity contribution in [3.05, 3.63) is 82.9 Å². The van der Waals surface area contributed by atoms with Crippen LogP contribution in [-0.2, 0) is 0 Å². The molecule has 2 fully saturated rings. The number of carbonyl (C=O) groups excluding carboxylic acids is 3. The predicted octanol–water partition coefficient (Wildman–Crippen LogP) is 2.84. The first kappa shape index (κ1) is 29.4. The second kappa shape index (κ2) is 13.3. The summed E-state index contributed by atoms with van der Waals surface area (Å²) < 4.78 is 10.7. The molecule has 0 unspecified atom stereocenters. The molecule has 11 nitrogen and oxygen atoms in total. The number of ether oxygens (including phenoxy) is 2. The minimum absolute atomic E-state index is 0.0903. The molecule has 0 aromatic heterocycles. The number of piperazine rings is 2. The Morgan fingerprint density at radius 1 is 0.744 bits per heavy atom. The summed E-state index contributed by atoms with van der Waals surface area (Å²) in [6, 6.07) is 19.0. The standard InChI is InChI=1S/C32H34N6O5/c1-42-28-10-8-24(20-29(28)43-2)30(39)35-26-19-25(32(41)37-13-11-34-12-14-37)7-9-27(26)36-15-17-38(18-16-36)31(40)23-5-3-22(21-33)4-6-23/h3-10,19-20,34H,11-18H2,1-2H3,(H,35,39). The minimum Gasteiger partial charge on any atom is -0.493 e. The average molecular weight is 583 g/mol. The number of methoxy groups -OCH3 is 2. The number of carbonyl (C=O) groups is 3. The molecular weight excluding hydrogens is 548 g/mol. The van der Waals surface area contributed by atoms with Crippen molar-refractivity contribution in [2.45, 2.75) is 0 Å². The largest absolute Gasteiger partial charge is 0.493 e. The van der Waals surface area contributed by atoms with E-state index in [0.717, 1.165) is 18.8 Å². The van der Waals surface area contributed by atoms with Gasteiger partial charge in [0.15, 0.2) is 11.5 Å². The molecule has 3 amide bonds. The van der Waals surface area contributed by atoms with Gasteiger partial charge in [0, 0.05) is 69.0 Å². The number of nitrogens with zero attached hydrogens (tertiary/aromatic N) is 4. The zero-order valence-corrected chi connectivity index (χ0v) is 24.3. The first-order chi connectivity index (χ1) is 20.9. The molecule has 0 atom stereocenters. The van der Waals surface area contributed by atoms with E-state index in [1.165, 1.54) is 14.2 Å². The van der Waals surface area contributed by atoms with Crippen molar-refractivity contribution >= 4 is 29.1 Å². The van der Waals surface area contributed by atoms with Gasteiger partial charge >= 0.3 is 0 Å². The van der Waals surface area contributed by atoms with Crippen molar-refractivity contribution in [3.8, 4) is 17.6 Å². The van der Waals surface area contributed by atoms with Crippen LogP contribution >= 0.6 is 0 Å². The number of benzene rings is 3. The Kier molecular flexibility index (Phi) is 9.08. The van der Waals surface area contributed by atoms with Gasteiger partial charge in [0.25, 0.3) is 17.7 Å². The maximum absolute atomic E-state index is 13.4. The van der Waals surface area contributed by atoms with Crippen molar-refractivity contribution in [2.75, 3.05) is 76.8 Å². The molecule has 5 rings (SSSR count). The molecular formula is C32H34N6O5. The van der Waals surface area contributed by atoms with Gasteiger partial charge in [-0.3, -0.25) is 14.4 Å². The van der Waals surface area contributed by atoms with Crippen LogP contribution in [0.25, 0.3) is 0 Å². The Bertz CT molecular complexity index is 1540. The van der Waals surface area contributed by atoms with E-state index in [1.807, 2.05) is 6.07 Å². The lowest BCUT2D eigenvalue weighted by atomic mass is 10.1. The van der Waals surface area contributed by atoms with Crippen LogP contribution in [0.5, 0.6) is 11.5 Å². The van der Waals surface area contributed by atoms with Crippen molar-refractivity contribution < 1.29 is 23.9 Å². The topological polar surface area (TPSA) is 127 Å². The minimum atomic E-state index is -0.358. The fraction of sp³-hybridized carbons (Fsp3) is 0.312. The molecule has 0 saturated carbocycles. The van der Waals surface area contributed by atoms with E-state index in [4.69, 9.17) is 14.7 Å². The molecule has 11 heteroatoms. The molecule has 222 valence electrons. The number of anilines is 2. The first-order valence-electron chi connectivity index (χ1n) is 14.1. The van der Waals surface area contributed by atoms with Gasteiger partial charge in [0.2, 0.25) is 0 Å². The molecule has 2 saturated heterocycles. The lowest BCUT2D eigenvalue weighted by Gasteiger charge is -2.37.